The maximum absolute atomic E-state index is 11.8. The third-order valence-electron chi connectivity index (χ3n) is 4.58. The SMILES string of the molecule is COC(=O)[C@H]1NC[C@H](C)[C@@H]1C(C)(C)C1CC1. The van der Waals surface area contributed by atoms with E-state index in [1.807, 2.05) is 0 Å². The maximum atomic E-state index is 11.8. The number of ether oxygens (including phenoxy) is 1. The lowest BCUT2D eigenvalue weighted by molar-refractivity contribution is -0.145. The molecule has 0 spiro atoms. The molecule has 0 bridgehead atoms. The number of carbonyl (C=O) groups excluding carboxylic acids is 1. The molecule has 3 nitrogen and oxygen atoms in total. The van der Waals surface area contributed by atoms with Crippen LogP contribution in [0.2, 0.25) is 0 Å². The highest BCUT2D eigenvalue weighted by Gasteiger charge is 2.52. The Morgan fingerprint density at radius 1 is 1.38 bits per heavy atom. The number of nitrogens with one attached hydrogen (secondary N) is 1. The van der Waals surface area contributed by atoms with Crippen LogP contribution in [0.15, 0.2) is 0 Å². The van der Waals surface area contributed by atoms with E-state index in [1.165, 1.54) is 20.0 Å². The molecule has 1 saturated carbocycles. The van der Waals surface area contributed by atoms with Crippen LogP contribution in [-0.2, 0) is 9.53 Å². The van der Waals surface area contributed by atoms with Crippen LogP contribution < -0.4 is 5.32 Å². The molecule has 2 rings (SSSR count). The van der Waals surface area contributed by atoms with Crippen LogP contribution in [0.25, 0.3) is 0 Å². The Kier molecular flexibility index (Phi) is 2.99. The summed E-state index contributed by atoms with van der Waals surface area (Å²) in [5.41, 5.74) is 0.252. The summed E-state index contributed by atoms with van der Waals surface area (Å²) in [6.07, 6.45) is 2.65. The van der Waals surface area contributed by atoms with Crippen LogP contribution in [0, 0.1) is 23.2 Å². The summed E-state index contributed by atoms with van der Waals surface area (Å²) in [6.45, 7) is 7.80. The molecule has 3 atom stereocenters. The van der Waals surface area contributed by atoms with E-state index < -0.39 is 0 Å². The van der Waals surface area contributed by atoms with Crippen LogP contribution in [0.4, 0.5) is 0 Å². The Labute approximate surface area is 97.9 Å². The van der Waals surface area contributed by atoms with Gasteiger partial charge in [0.15, 0.2) is 0 Å². The first-order chi connectivity index (χ1) is 7.48. The Hall–Kier alpha value is -0.570. The molecular formula is C13H23NO2. The highest BCUT2D eigenvalue weighted by molar-refractivity contribution is 5.76. The molecule has 2 fully saturated rings. The standard InChI is InChI=1S/C13H23NO2/c1-8-7-14-11(12(15)16-4)10(8)13(2,3)9-5-6-9/h8-11,14H,5-7H2,1-4H3/t8-,10-,11-/m0/s1. The van der Waals surface area contributed by atoms with Crippen molar-refractivity contribution in [2.75, 3.05) is 13.7 Å². The molecule has 16 heavy (non-hydrogen) atoms. The first-order valence-corrected chi connectivity index (χ1v) is 6.29. The normalized spacial score (nSPS) is 35.1. The van der Waals surface area contributed by atoms with Gasteiger partial charge in [-0.3, -0.25) is 4.79 Å². The van der Waals surface area contributed by atoms with E-state index in [9.17, 15) is 4.79 Å². The van der Waals surface area contributed by atoms with Gasteiger partial charge in [0, 0.05) is 0 Å². The summed E-state index contributed by atoms with van der Waals surface area (Å²) in [5, 5.41) is 3.32. The van der Waals surface area contributed by atoms with E-state index in [-0.39, 0.29) is 17.4 Å². The van der Waals surface area contributed by atoms with Gasteiger partial charge >= 0.3 is 5.97 Å². The fourth-order valence-electron chi connectivity index (χ4n) is 3.51. The van der Waals surface area contributed by atoms with Crippen molar-refractivity contribution in [3.8, 4) is 0 Å². The molecule has 2 aliphatic rings. The monoisotopic (exact) mass is 225 g/mol. The predicted octanol–water partition coefficient (Wildman–Crippen LogP) is 1.82. The summed E-state index contributed by atoms with van der Waals surface area (Å²) in [6, 6.07) is -0.101. The first kappa shape index (κ1) is 11.9. The van der Waals surface area contributed by atoms with E-state index >= 15 is 0 Å². The quantitative estimate of drug-likeness (QED) is 0.745. The Balaban J connectivity index is 2.18. The van der Waals surface area contributed by atoms with Crippen molar-refractivity contribution in [2.45, 2.75) is 39.7 Å². The molecule has 1 aliphatic heterocycles. The summed E-state index contributed by atoms with van der Waals surface area (Å²) in [4.78, 5) is 11.8. The Bertz CT molecular complexity index is 284. The van der Waals surface area contributed by atoms with Crippen LogP contribution >= 0.6 is 0 Å². The van der Waals surface area contributed by atoms with Gasteiger partial charge in [-0.05, 0) is 42.6 Å². The minimum absolute atomic E-state index is 0.0944. The summed E-state index contributed by atoms with van der Waals surface area (Å²) in [7, 11) is 1.48. The van der Waals surface area contributed by atoms with Gasteiger partial charge in [0.05, 0.1) is 7.11 Å². The molecule has 0 unspecified atom stereocenters. The van der Waals surface area contributed by atoms with Gasteiger partial charge in [-0.25, -0.2) is 0 Å². The van der Waals surface area contributed by atoms with Crippen molar-refractivity contribution < 1.29 is 9.53 Å². The number of rotatable bonds is 3. The molecular weight excluding hydrogens is 202 g/mol. The highest BCUT2D eigenvalue weighted by atomic mass is 16.5. The second kappa shape index (κ2) is 4.02. The summed E-state index contributed by atoms with van der Waals surface area (Å²) < 4.78 is 4.91. The second-order valence-electron chi connectivity index (χ2n) is 6.01. The largest absolute Gasteiger partial charge is 0.468 e. The van der Waals surface area contributed by atoms with E-state index in [0.717, 1.165) is 12.5 Å². The van der Waals surface area contributed by atoms with E-state index in [1.54, 1.807) is 0 Å². The van der Waals surface area contributed by atoms with Gasteiger partial charge in [0.2, 0.25) is 0 Å². The number of hydrogen-bond acceptors (Lipinski definition) is 3. The highest BCUT2D eigenvalue weighted by Crippen LogP contribution is 2.53. The number of carbonyl (C=O) groups is 1. The Morgan fingerprint density at radius 2 is 2.00 bits per heavy atom. The lowest BCUT2D eigenvalue weighted by atomic mass is 9.68. The lowest BCUT2D eigenvalue weighted by Crippen LogP contribution is -2.44. The molecule has 0 aromatic heterocycles. The smallest absolute Gasteiger partial charge is 0.323 e. The van der Waals surface area contributed by atoms with Crippen LogP contribution in [0.5, 0.6) is 0 Å². The lowest BCUT2D eigenvalue weighted by Gasteiger charge is -2.37. The van der Waals surface area contributed by atoms with Gasteiger partial charge in [-0.2, -0.15) is 0 Å². The minimum Gasteiger partial charge on any atom is -0.468 e. The van der Waals surface area contributed by atoms with Crippen LogP contribution in [0.1, 0.15) is 33.6 Å². The van der Waals surface area contributed by atoms with E-state index in [4.69, 9.17) is 4.74 Å². The van der Waals surface area contributed by atoms with Crippen molar-refractivity contribution in [1.82, 2.24) is 5.32 Å². The molecule has 0 radical (unpaired) electrons. The average molecular weight is 225 g/mol. The van der Waals surface area contributed by atoms with Crippen molar-refractivity contribution in [3.63, 3.8) is 0 Å². The van der Waals surface area contributed by atoms with Gasteiger partial charge in [-0.15, -0.1) is 0 Å². The van der Waals surface area contributed by atoms with E-state index in [0.29, 0.717) is 11.8 Å². The third-order valence-corrected chi connectivity index (χ3v) is 4.58. The predicted molar refractivity (Wildman–Crippen MR) is 63.0 cm³/mol. The molecule has 1 saturated heterocycles. The zero-order valence-corrected chi connectivity index (χ0v) is 10.7. The molecule has 0 aromatic carbocycles. The van der Waals surface area contributed by atoms with Crippen molar-refractivity contribution >= 4 is 5.97 Å². The molecule has 0 aromatic rings. The first-order valence-electron chi connectivity index (χ1n) is 6.29. The zero-order valence-electron chi connectivity index (χ0n) is 10.7. The Morgan fingerprint density at radius 3 is 2.50 bits per heavy atom. The number of esters is 1. The summed E-state index contributed by atoms with van der Waals surface area (Å²) in [5.74, 6) is 1.67. The molecule has 1 heterocycles. The third kappa shape index (κ3) is 1.86. The molecule has 1 aliphatic carbocycles. The zero-order chi connectivity index (χ0) is 11.9. The topological polar surface area (TPSA) is 38.3 Å². The van der Waals surface area contributed by atoms with Gasteiger partial charge in [-0.1, -0.05) is 20.8 Å². The average Bonchev–Trinajstić information content (AvgIpc) is 3.01. The molecule has 3 heteroatoms. The van der Waals surface area contributed by atoms with Gasteiger partial charge in [0.1, 0.15) is 6.04 Å². The second-order valence-corrected chi connectivity index (χ2v) is 6.01. The molecule has 0 amide bonds. The van der Waals surface area contributed by atoms with Crippen LogP contribution in [-0.4, -0.2) is 25.7 Å². The van der Waals surface area contributed by atoms with Crippen molar-refractivity contribution in [1.29, 1.82) is 0 Å². The fraction of sp³-hybridized carbons (Fsp3) is 0.923. The van der Waals surface area contributed by atoms with Crippen molar-refractivity contribution in [3.05, 3.63) is 0 Å². The molecule has 1 N–H and O–H groups in total. The van der Waals surface area contributed by atoms with E-state index in [2.05, 4.69) is 26.1 Å². The van der Waals surface area contributed by atoms with Gasteiger partial charge in [0.25, 0.3) is 0 Å². The van der Waals surface area contributed by atoms with Crippen molar-refractivity contribution in [2.24, 2.45) is 23.2 Å². The summed E-state index contributed by atoms with van der Waals surface area (Å²) >= 11 is 0. The number of methoxy groups -OCH3 is 1. The minimum atomic E-state index is -0.101. The van der Waals surface area contributed by atoms with Crippen LogP contribution in [0.3, 0.4) is 0 Å². The molecule has 92 valence electrons. The number of hydrogen-bond donors (Lipinski definition) is 1. The van der Waals surface area contributed by atoms with Gasteiger partial charge < -0.3 is 10.1 Å². The maximum Gasteiger partial charge on any atom is 0.323 e. The fourth-order valence-corrected chi connectivity index (χ4v) is 3.51.